The van der Waals surface area contributed by atoms with Gasteiger partial charge >= 0.3 is 5.97 Å². The Hall–Kier alpha value is -2.58. The molecule has 1 aliphatic heterocycles. The average molecular weight is 322 g/mol. The number of hydrogen-bond donors (Lipinski definition) is 3. The number of carbonyl (C=O) groups is 1. The molecule has 3 rings (SSSR count). The summed E-state index contributed by atoms with van der Waals surface area (Å²) in [5.41, 5.74) is -1.13. The first-order chi connectivity index (χ1) is 10.7. The van der Waals surface area contributed by atoms with Crippen molar-refractivity contribution in [1.82, 2.24) is 0 Å². The van der Waals surface area contributed by atoms with Crippen LogP contribution in [-0.2, 0) is 17.8 Å². The standard InChI is InChI=1S/C15H14O8/c1-15(20)4-9-6(5-22-15)12(16)10-7(23-9)3-8(21-2)13(17)11(10)14(18)19/h3,17,20H,4-5H2,1-2H3,(H,18,19)/t15-/m0/s1. The molecule has 8 nitrogen and oxygen atoms in total. The number of methoxy groups -OCH3 is 1. The highest BCUT2D eigenvalue weighted by molar-refractivity contribution is 6.06. The predicted octanol–water partition coefficient (Wildman–Crippen LogP) is 0.987. The molecule has 0 spiro atoms. The molecule has 8 heteroatoms. The van der Waals surface area contributed by atoms with E-state index in [1.165, 1.54) is 20.1 Å². The van der Waals surface area contributed by atoms with Crippen molar-refractivity contribution in [3.8, 4) is 11.5 Å². The van der Waals surface area contributed by atoms with Gasteiger partial charge in [-0.25, -0.2) is 4.79 Å². The molecule has 0 fully saturated rings. The van der Waals surface area contributed by atoms with Gasteiger partial charge < -0.3 is 29.2 Å². The molecular weight excluding hydrogens is 308 g/mol. The summed E-state index contributed by atoms with van der Waals surface area (Å²) in [6, 6.07) is 1.24. The number of aromatic carboxylic acids is 1. The predicted molar refractivity (Wildman–Crippen MR) is 76.8 cm³/mol. The Labute approximate surface area is 129 Å². The molecule has 0 radical (unpaired) electrons. The van der Waals surface area contributed by atoms with Crippen LogP contribution < -0.4 is 10.2 Å². The Morgan fingerprint density at radius 2 is 2.13 bits per heavy atom. The Balaban J connectivity index is 2.42. The van der Waals surface area contributed by atoms with Crippen LogP contribution in [0.3, 0.4) is 0 Å². The van der Waals surface area contributed by atoms with Gasteiger partial charge in [0.15, 0.2) is 22.7 Å². The number of hydrogen-bond acceptors (Lipinski definition) is 7. The summed E-state index contributed by atoms with van der Waals surface area (Å²) in [5.74, 6) is -3.53. The third-order valence-electron chi connectivity index (χ3n) is 3.75. The van der Waals surface area contributed by atoms with E-state index in [-0.39, 0.29) is 41.1 Å². The van der Waals surface area contributed by atoms with E-state index >= 15 is 0 Å². The third-order valence-corrected chi connectivity index (χ3v) is 3.75. The maximum Gasteiger partial charge on any atom is 0.340 e. The average Bonchev–Trinajstić information content (AvgIpc) is 2.45. The first kappa shape index (κ1) is 15.3. The number of aliphatic hydroxyl groups is 1. The van der Waals surface area contributed by atoms with Crippen molar-refractivity contribution in [2.45, 2.75) is 25.7 Å². The molecule has 1 aliphatic rings. The molecule has 0 bridgehead atoms. The summed E-state index contributed by atoms with van der Waals surface area (Å²) < 4.78 is 15.7. The minimum atomic E-state index is -1.48. The molecule has 0 saturated carbocycles. The Kier molecular flexibility index (Phi) is 3.31. The zero-order chi connectivity index (χ0) is 16.9. The second-order valence-electron chi connectivity index (χ2n) is 5.45. The lowest BCUT2D eigenvalue weighted by Gasteiger charge is -2.28. The molecule has 2 aromatic rings. The van der Waals surface area contributed by atoms with Crippen molar-refractivity contribution in [2.75, 3.05) is 7.11 Å². The van der Waals surface area contributed by atoms with Gasteiger partial charge in [0.1, 0.15) is 16.9 Å². The van der Waals surface area contributed by atoms with E-state index in [4.69, 9.17) is 13.9 Å². The zero-order valence-corrected chi connectivity index (χ0v) is 12.4. The summed E-state index contributed by atoms with van der Waals surface area (Å²) in [6.07, 6.45) is -0.0564. The Morgan fingerprint density at radius 3 is 2.74 bits per heavy atom. The van der Waals surface area contributed by atoms with Crippen LogP contribution in [0.2, 0.25) is 0 Å². The lowest BCUT2D eigenvalue weighted by Crippen LogP contribution is -2.37. The van der Waals surface area contributed by atoms with E-state index in [1.807, 2.05) is 0 Å². The van der Waals surface area contributed by atoms with Gasteiger partial charge in [-0.05, 0) is 6.92 Å². The van der Waals surface area contributed by atoms with Crippen molar-refractivity contribution in [3.63, 3.8) is 0 Å². The number of rotatable bonds is 2. The lowest BCUT2D eigenvalue weighted by molar-refractivity contribution is -0.207. The highest BCUT2D eigenvalue weighted by Crippen LogP contribution is 2.37. The van der Waals surface area contributed by atoms with Crippen LogP contribution in [0.5, 0.6) is 11.5 Å². The molecule has 3 N–H and O–H groups in total. The third kappa shape index (κ3) is 2.32. The molecular formula is C15H14O8. The number of carboxylic acids is 1. The van der Waals surface area contributed by atoms with Gasteiger partial charge in [0.05, 0.1) is 31.1 Å². The van der Waals surface area contributed by atoms with Crippen LogP contribution >= 0.6 is 0 Å². The smallest absolute Gasteiger partial charge is 0.340 e. The number of phenols is 1. The van der Waals surface area contributed by atoms with Crippen LogP contribution in [0.4, 0.5) is 0 Å². The van der Waals surface area contributed by atoms with E-state index in [1.54, 1.807) is 0 Å². The van der Waals surface area contributed by atoms with Crippen molar-refractivity contribution in [3.05, 3.63) is 33.2 Å². The quantitative estimate of drug-likeness (QED) is 0.747. The summed E-state index contributed by atoms with van der Waals surface area (Å²) in [6.45, 7) is 1.21. The fraction of sp³-hybridized carbons (Fsp3) is 0.333. The molecule has 122 valence electrons. The van der Waals surface area contributed by atoms with Crippen molar-refractivity contribution >= 4 is 16.9 Å². The highest BCUT2D eigenvalue weighted by Gasteiger charge is 2.34. The number of aromatic hydroxyl groups is 1. The van der Waals surface area contributed by atoms with Gasteiger partial charge in [0, 0.05) is 6.07 Å². The first-order valence-electron chi connectivity index (χ1n) is 6.73. The summed E-state index contributed by atoms with van der Waals surface area (Å²) in [5, 5.41) is 29.0. The molecule has 23 heavy (non-hydrogen) atoms. The summed E-state index contributed by atoms with van der Waals surface area (Å²) in [4.78, 5) is 24.1. The normalized spacial score (nSPS) is 20.3. The number of carboxylic acid groups (broad SMARTS) is 1. The SMILES string of the molecule is COc1cc2oc3c(c(=O)c2c(C(=O)O)c1O)CO[C@](C)(O)C3. The van der Waals surface area contributed by atoms with Gasteiger partial charge in [-0.1, -0.05) is 0 Å². The minimum absolute atomic E-state index is 0.0431. The van der Waals surface area contributed by atoms with Gasteiger partial charge in [0.25, 0.3) is 0 Å². The minimum Gasteiger partial charge on any atom is -0.504 e. The van der Waals surface area contributed by atoms with Crippen LogP contribution in [0.15, 0.2) is 15.3 Å². The molecule has 0 aliphatic carbocycles. The van der Waals surface area contributed by atoms with Crippen LogP contribution in [0.25, 0.3) is 11.0 Å². The molecule has 0 saturated heterocycles. The topological polar surface area (TPSA) is 126 Å². The monoisotopic (exact) mass is 322 g/mol. The number of fused-ring (bicyclic) bond motifs is 2. The zero-order valence-electron chi connectivity index (χ0n) is 12.4. The fourth-order valence-corrected chi connectivity index (χ4v) is 2.63. The van der Waals surface area contributed by atoms with Crippen molar-refractivity contribution in [2.24, 2.45) is 0 Å². The summed E-state index contributed by atoms with van der Waals surface area (Å²) >= 11 is 0. The molecule has 0 unspecified atom stereocenters. The van der Waals surface area contributed by atoms with Crippen molar-refractivity contribution in [1.29, 1.82) is 0 Å². The maximum atomic E-state index is 12.6. The second kappa shape index (κ2) is 4.97. The lowest BCUT2D eigenvalue weighted by atomic mass is 9.99. The van der Waals surface area contributed by atoms with E-state index in [0.29, 0.717) is 0 Å². The van der Waals surface area contributed by atoms with Gasteiger partial charge in [-0.15, -0.1) is 0 Å². The van der Waals surface area contributed by atoms with Crippen LogP contribution in [0.1, 0.15) is 28.6 Å². The van der Waals surface area contributed by atoms with Crippen molar-refractivity contribution < 1.29 is 34.0 Å². The van der Waals surface area contributed by atoms with E-state index in [9.17, 15) is 24.9 Å². The highest BCUT2D eigenvalue weighted by atomic mass is 16.6. The Bertz CT molecular complexity index is 877. The molecule has 1 atom stereocenters. The largest absolute Gasteiger partial charge is 0.504 e. The van der Waals surface area contributed by atoms with E-state index < -0.39 is 28.5 Å². The Morgan fingerprint density at radius 1 is 1.43 bits per heavy atom. The molecule has 1 aromatic heterocycles. The summed E-state index contributed by atoms with van der Waals surface area (Å²) in [7, 11) is 1.25. The molecule has 2 heterocycles. The fourth-order valence-electron chi connectivity index (χ4n) is 2.63. The molecule has 1 aromatic carbocycles. The van der Waals surface area contributed by atoms with E-state index in [2.05, 4.69) is 0 Å². The number of benzene rings is 1. The maximum absolute atomic E-state index is 12.6. The molecule has 0 amide bonds. The van der Waals surface area contributed by atoms with Gasteiger partial charge in [-0.3, -0.25) is 4.79 Å². The van der Waals surface area contributed by atoms with Gasteiger partial charge in [-0.2, -0.15) is 0 Å². The van der Waals surface area contributed by atoms with Crippen LogP contribution in [-0.4, -0.2) is 34.2 Å². The first-order valence-corrected chi connectivity index (χ1v) is 6.73. The number of ether oxygens (including phenoxy) is 2. The van der Waals surface area contributed by atoms with E-state index in [0.717, 1.165) is 0 Å². The second-order valence-corrected chi connectivity index (χ2v) is 5.45. The van der Waals surface area contributed by atoms with Crippen LogP contribution in [0, 0.1) is 0 Å². The van der Waals surface area contributed by atoms with Gasteiger partial charge in [0.2, 0.25) is 0 Å².